The molecule has 0 aliphatic carbocycles. The SMILES string of the molecule is Cc1ccc(O)c(-c2nn(C)cc2-c2ccc(NC(=O)[C@@H]3CN(C(=O)C(F)(F)F)CCN3C(=O)[C@H](NC(=O)OC(C)(C)C)c3ccccc3)cc2)c1. The second-order valence-electron chi connectivity index (χ2n) is 13.4. The summed E-state index contributed by atoms with van der Waals surface area (Å²) >= 11 is 0. The number of aryl methyl sites for hydroxylation is 2. The molecule has 3 aromatic carbocycles. The summed E-state index contributed by atoms with van der Waals surface area (Å²) in [5.41, 5.74) is 3.06. The summed E-state index contributed by atoms with van der Waals surface area (Å²) in [5.74, 6) is -3.72. The minimum absolute atomic E-state index is 0.0508. The summed E-state index contributed by atoms with van der Waals surface area (Å²) in [6.07, 6.45) is -4.35. The average Bonchev–Trinajstić information content (AvgIpc) is 3.48. The van der Waals surface area contributed by atoms with Gasteiger partial charge in [-0.2, -0.15) is 18.3 Å². The van der Waals surface area contributed by atoms with E-state index in [2.05, 4.69) is 15.7 Å². The Morgan fingerprint density at radius 2 is 1.62 bits per heavy atom. The van der Waals surface area contributed by atoms with E-state index in [1.165, 1.54) is 0 Å². The molecule has 1 aliphatic heterocycles. The maximum absolute atomic E-state index is 14.2. The molecule has 52 heavy (non-hydrogen) atoms. The van der Waals surface area contributed by atoms with E-state index < -0.39 is 67.3 Å². The van der Waals surface area contributed by atoms with Gasteiger partial charge in [-0.25, -0.2) is 4.79 Å². The highest BCUT2D eigenvalue weighted by Crippen LogP contribution is 2.37. The van der Waals surface area contributed by atoms with Gasteiger partial charge < -0.3 is 30.3 Å². The Balaban J connectivity index is 1.43. The van der Waals surface area contributed by atoms with E-state index in [-0.39, 0.29) is 11.4 Å². The van der Waals surface area contributed by atoms with Crippen molar-refractivity contribution < 1.29 is 42.2 Å². The Morgan fingerprint density at radius 1 is 0.942 bits per heavy atom. The molecule has 1 saturated heterocycles. The number of halogens is 3. The van der Waals surface area contributed by atoms with Crippen LogP contribution in [0.15, 0.2) is 79.0 Å². The first-order valence-electron chi connectivity index (χ1n) is 16.4. The number of ether oxygens (including phenoxy) is 1. The van der Waals surface area contributed by atoms with Gasteiger partial charge in [0.1, 0.15) is 29.1 Å². The topological polar surface area (TPSA) is 146 Å². The van der Waals surface area contributed by atoms with Gasteiger partial charge >= 0.3 is 18.2 Å². The van der Waals surface area contributed by atoms with Crippen LogP contribution in [0.1, 0.15) is 37.9 Å². The average molecular weight is 721 g/mol. The number of carbonyl (C=O) groups excluding carboxylic acids is 4. The molecule has 5 rings (SSSR count). The van der Waals surface area contributed by atoms with Crippen LogP contribution in [0.5, 0.6) is 5.75 Å². The van der Waals surface area contributed by atoms with Crippen LogP contribution >= 0.6 is 0 Å². The second-order valence-corrected chi connectivity index (χ2v) is 13.4. The van der Waals surface area contributed by atoms with Gasteiger partial charge in [0.15, 0.2) is 0 Å². The molecule has 3 N–H and O–H groups in total. The number of benzene rings is 3. The largest absolute Gasteiger partial charge is 0.507 e. The first-order chi connectivity index (χ1) is 24.4. The lowest BCUT2D eigenvalue weighted by atomic mass is 9.99. The normalized spacial score (nSPS) is 15.5. The summed E-state index contributed by atoms with van der Waals surface area (Å²) in [7, 11) is 1.74. The summed E-state index contributed by atoms with van der Waals surface area (Å²) in [4.78, 5) is 54.7. The molecule has 274 valence electrons. The van der Waals surface area contributed by atoms with Gasteiger partial charge in [0.2, 0.25) is 5.91 Å². The monoisotopic (exact) mass is 720 g/mol. The first kappa shape index (κ1) is 37.4. The quantitative estimate of drug-likeness (QED) is 0.226. The van der Waals surface area contributed by atoms with Crippen molar-refractivity contribution in [2.75, 3.05) is 25.0 Å². The maximum atomic E-state index is 14.2. The van der Waals surface area contributed by atoms with Crippen LogP contribution in [-0.2, 0) is 26.2 Å². The molecular weight excluding hydrogens is 681 g/mol. The Morgan fingerprint density at radius 3 is 2.25 bits per heavy atom. The molecule has 1 aliphatic rings. The van der Waals surface area contributed by atoms with Crippen molar-refractivity contribution in [1.82, 2.24) is 24.9 Å². The lowest BCUT2D eigenvalue weighted by Gasteiger charge is -2.42. The maximum Gasteiger partial charge on any atom is 0.471 e. The molecule has 0 spiro atoms. The highest BCUT2D eigenvalue weighted by atomic mass is 19.4. The van der Waals surface area contributed by atoms with Crippen molar-refractivity contribution in [3.05, 3.63) is 90.1 Å². The van der Waals surface area contributed by atoms with E-state index in [1.54, 1.807) is 105 Å². The minimum Gasteiger partial charge on any atom is -0.507 e. The smallest absolute Gasteiger partial charge is 0.471 e. The zero-order valence-corrected chi connectivity index (χ0v) is 29.2. The van der Waals surface area contributed by atoms with Crippen molar-refractivity contribution in [3.8, 4) is 28.1 Å². The molecule has 0 radical (unpaired) electrons. The molecule has 4 aromatic rings. The number of aromatic nitrogens is 2. The number of phenols is 1. The summed E-state index contributed by atoms with van der Waals surface area (Å²) in [5, 5.41) is 20.3. The molecule has 0 bridgehead atoms. The minimum atomic E-state index is -5.20. The zero-order chi connectivity index (χ0) is 38.0. The summed E-state index contributed by atoms with van der Waals surface area (Å²) in [6, 6.07) is 16.9. The molecule has 12 nitrogen and oxygen atoms in total. The van der Waals surface area contributed by atoms with Gasteiger partial charge in [0, 0.05) is 43.1 Å². The van der Waals surface area contributed by atoms with Gasteiger partial charge in [0.25, 0.3) is 5.91 Å². The summed E-state index contributed by atoms with van der Waals surface area (Å²) < 4.78 is 47.5. The van der Waals surface area contributed by atoms with E-state index in [0.29, 0.717) is 32.8 Å². The number of hydrogen-bond acceptors (Lipinski definition) is 7. The van der Waals surface area contributed by atoms with Crippen molar-refractivity contribution >= 4 is 29.5 Å². The standard InChI is InChI=1S/C37H39F3N6O6/c1-22-11-16-29(47)26(19-22)31-27(20-44(5)43-31)23-12-14-25(15-13-23)41-32(48)28-21-45(34(50)37(38,39)40)17-18-46(28)33(49)30(24-9-7-6-8-10-24)42-35(51)52-36(2,3)4/h6-16,19-20,28,30,47H,17-18,21H2,1-5H3,(H,41,48)(H,42,51)/t28-,30+/m0/s1. The fourth-order valence-corrected chi connectivity index (χ4v) is 5.86. The number of piperazine rings is 1. The predicted molar refractivity (Wildman–Crippen MR) is 186 cm³/mol. The third kappa shape index (κ3) is 8.71. The van der Waals surface area contributed by atoms with Crippen molar-refractivity contribution in [3.63, 3.8) is 0 Å². The van der Waals surface area contributed by atoms with E-state index in [1.807, 2.05) is 13.0 Å². The van der Waals surface area contributed by atoms with Gasteiger partial charge in [-0.3, -0.25) is 19.1 Å². The van der Waals surface area contributed by atoms with Crippen LogP contribution in [0.25, 0.3) is 22.4 Å². The summed E-state index contributed by atoms with van der Waals surface area (Å²) in [6.45, 7) is 5.14. The number of carbonyl (C=O) groups is 4. The highest BCUT2D eigenvalue weighted by Gasteiger charge is 2.47. The number of rotatable bonds is 7. The molecule has 1 aromatic heterocycles. The number of aromatic hydroxyl groups is 1. The molecule has 15 heteroatoms. The molecule has 2 atom stereocenters. The number of nitrogens with one attached hydrogen (secondary N) is 2. The number of alkyl carbamates (subject to hydrolysis) is 1. The van der Waals surface area contributed by atoms with E-state index >= 15 is 0 Å². The van der Waals surface area contributed by atoms with Gasteiger partial charge in [-0.1, -0.05) is 54.1 Å². The Kier molecular flexibility index (Phi) is 10.6. The van der Waals surface area contributed by atoms with Gasteiger partial charge in [-0.05, 0) is 63.1 Å². The van der Waals surface area contributed by atoms with Crippen molar-refractivity contribution in [1.29, 1.82) is 0 Å². The molecule has 0 saturated carbocycles. The van der Waals surface area contributed by atoms with Crippen LogP contribution < -0.4 is 10.6 Å². The van der Waals surface area contributed by atoms with Gasteiger partial charge in [0.05, 0.1) is 6.54 Å². The number of amides is 4. The Labute approximate surface area is 298 Å². The van der Waals surface area contributed by atoms with Crippen LogP contribution in [0.4, 0.5) is 23.7 Å². The van der Waals surface area contributed by atoms with Crippen LogP contribution in [0.2, 0.25) is 0 Å². The fraction of sp³-hybridized carbons (Fsp3) is 0.324. The van der Waals surface area contributed by atoms with E-state index in [0.717, 1.165) is 10.5 Å². The van der Waals surface area contributed by atoms with Crippen LogP contribution in [-0.4, -0.2) is 86.0 Å². The first-order valence-corrected chi connectivity index (χ1v) is 16.4. The molecule has 2 heterocycles. The number of nitrogens with zero attached hydrogens (tertiary/aromatic N) is 4. The van der Waals surface area contributed by atoms with Crippen molar-refractivity contribution in [2.24, 2.45) is 7.05 Å². The predicted octanol–water partition coefficient (Wildman–Crippen LogP) is 5.57. The van der Waals surface area contributed by atoms with Crippen LogP contribution in [0, 0.1) is 6.92 Å². The van der Waals surface area contributed by atoms with Crippen LogP contribution in [0.3, 0.4) is 0 Å². The number of alkyl halides is 3. The number of hydrogen-bond donors (Lipinski definition) is 3. The highest BCUT2D eigenvalue weighted by molar-refractivity contribution is 5.99. The second kappa shape index (κ2) is 14.8. The Bertz CT molecular complexity index is 1960. The molecule has 0 unspecified atom stereocenters. The fourth-order valence-electron chi connectivity index (χ4n) is 5.86. The zero-order valence-electron chi connectivity index (χ0n) is 29.2. The Hall–Kier alpha value is -5.86. The number of anilines is 1. The number of phenolic OH excluding ortho intramolecular Hbond substituents is 1. The van der Waals surface area contributed by atoms with E-state index in [9.17, 15) is 37.5 Å². The molecule has 1 fully saturated rings. The lowest BCUT2D eigenvalue weighted by molar-refractivity contribution is -0.188. The third-order valence-corrected chi connectivity index (χ3v) is 8.24. The van der Waals surface area contributed by atoms with Crippen molar-refractivity contribution in [2.45, 2.75) is 51.6 Å². The molecule has 4 amide bonds. The van der Waals surface area contributed by atoms with E-state index in [4.69, 9.17) is 4.74 Å². The third-order valence-electron chi connectivity index (χ3n) is 8.24. The molecular formula is C37H39F3N6O6. The lowest BCUT2D eigenvalue weighted by Crippen LogP contribution is -2.63. The van der Waals surface area contributed by atoms with Gasteiger partial charge in [-0.15, -0.1) is 0 Å².